The van der Waals surface area contributed by atoms with Crippen molar-refractivity contribution in [3.63, 3.8) is 0 Å². The number of hydrogen-bond donors (Lipinski definition) is 0. The Hall–Kier alpha value is -2.22. The highest BCUT2D eigenvalue weighted by Gasteiger charge is 2.21. The van der Waals surface area contributed by atoms with E-state index in [1.807, 2.05) is 13.8 Å². The summed E-state index contributed by atoms with van der Waals surface area (Å²) in [5.74, 6) is -0.175. The molecule has 0 saturated heterocycles. The minimum atomic E-state index is -3.53. The van der Waals surface area contributed by atoms with Gasteiger partial charge in [-0.1, -0.05) is 29.8 Å². The maximum absolute atomic E-state index is 12.2. The summed E-state index contributed by atoms with van der Waals surface area (Å²) < 4.78 is 34.7. The first-order valence-corrected chi connectivity index (χ1v) is 9.78. The van der Waals surface area contributed by atoms with Crippen molar-refractivity contribution in [2.24, 2.45) is 0 Å². The molecule has 2 rings (SSSR count). The van der Waals surface area contributed by atoms with E-state index in [2.05, 4.69) is 10.1 Å². The second kappa shape index (κ2) is 8.24. The lowest BCUT2D eigenvalue weighted by molar-refractivity contribution is -0.149. The lowest BCUT2D eigenvalue weighted by Gasteiger charge is -2.09. The van der Waals surface area contributed by atoms with E-state index >= 15 is 0 Å². The van der Waals surface area contributed by atoms with Crippen LogP contribution in [0, 0.1) is 6.92 Å². The van der Waals surface area contributed by atoms with Gasteiger partial charge in [-0.3, -0.25) is 4.79 Å². The van der Waals surface area contributed by atoms with Crippen LogP contribution in [-0.2, 0) is 25.8 Å². The van der Waals surface area contributed by atoms with E-state index in [4.69, 9.17) is 9.26 Å². The largest absolute Gasteiger partial charge is 0.452 e. The number of aryl methyl sites for hydroxylation is 2. The zero-order valence-corrected chi connectivity index (χ0v) is 15.4. The number of esters is 1. The molecule has 136 valence electrons. The Labute approximate surface area is 147 Å². The summed E-state index contributed by atoms with van der Waals surface area (Å²) in [4.78, 5) is 16.3. The summed E-state index contributed by atoms with van der Waals surface area (Å²) in [5, 5.41) is 3.79. The van der Waals surface area contributed by atoms with Gasteiger partial charge in [0.2, 0.25) is 0 Å². The SMILES string of the molecule is CCCc1noc(C(C)OC(=O)CCS(=O)(=O)c2ccc(C)cc2)n1. The summed E-state index contributed by atoms with van der Waals surface area (Å²) in [6.45, 7) is 5.47. The van der Waals surface area contributed by atoms with Crippen molar-refractivity contribution in [3.05, 3.63) is 41.5 Å². The van der Waals surface area contributed by atoms with E-state index in [0.717, 1.165) is 12.0 Å². The van der Waals surface area contributed by atoms with Crippen LogP contribution in [0.5, 0.6) is 0 Å². The van der Waals surface area contributed by atoms with Crippen molar-refractivity contribution in [1.29, 1.82) is 0 Å². The topological polar surface area (TPSA) is 99.4 Å². The molecule has 0 fully saturated rings. The van der Waals surface area contributed by atoms with Gasteiger partial charge >= 0.3 is 5.97 Å². The monoisotopic (exact) mass is 366 g/mol. The van der Waals surface area contributed by atoms with Crippen molar-refractivity contribution >= 4 is 15.8 Å². The number of rotatable bonds is 8. The molecule has 1 heterocycles. The van der Waals surface area contributed by atoms with Crippen molar-refractivity contribution in [1.82, 2.24) is 10.1 Å². The quantitative estimate of drug-likeness (QED) is 0.662. The molecule has 8 heteroatoms. The standard InChI is InChI=1S/C17H22N2O5S/c1-4-5-15-18-17(24-19-15)13(3)23-16(20)10-11-25(21,22)14-8-6-12(2)7-9-14/h6-9,13H,4-5,10-11H2,1-3H3. The Morgan fingerprint density at radius 1 is 1.28 bits per heavy atom. The third-order valence-corrected chi connectivity index (χ3v) is 5.30. The highest BCUT2D eigenvalue weighted by atomic mass is 32.2. The van der Waals surface area contributed by atoms with Crippen LogP contribution in [0.4, 0.5) is 0 Å². The number of carbonyl (C=O) groups is 1. The Bertz CT molecular complexity index is 812. The number of benzene rings is 1. The average molecular weight is 366 g/mol. The number of aromatic nitrogens is 2. The van der Waals surface area contributed by atoms with Crippen molar-refractivity contribution in [3.8, 4) is 0 Å². The van der Waals surface area contributed by atoms with Crippen LogP contribution in [0.1, 0.15) is 50.1 Å². The van der Waals surface area contributed by atoms with Crippen LogP contribution in [0.2, 0.25) is 0 Å². The molecule has 0 bridgehead atoms. The van der Waals surface area contributed by atoms with E-state index in [9.17, 15) is 13.2 Å². The minimum absolute atomic E-state index is 0.194. The number of nitrogens with zero attached hydrogens (tertiary/aromatic N) is 2. The highest BCUT2D eigenvalue weighted by Crippen LogP contribution is 2.17. The fourth-order valence-electron chi connectivity index (χ4n) is 2.15. The van der Waals surface area contributed by atoms with Gasteiger partial charge < -0.3 is 9.26 Å². The molecular weight excluding hydrogens is 344 g/mol. The van der Waals surface area contributed by atoms with E-state index < -0.39 is 21.9 Å². The summed E-state index contributed by atoms with van der Waals surface area (Å²) >= 11 is 0. The smallest absolute Gasteiger partial charge is 0.307 e. The Balaban J connectivity index is 1.89. The van der Waals surface area contributed by atoms with Crippen LogP contribution >= 0.6 is 0 Å². The zero-order chi connectivity index (χ0) is 18.4. The molecule has 1 atom stereocenters. The summed E-state index contributed by atoms with van der Waals surface area (Å²) in [6.07, 6.45) is 0.604. The molecule has 0 N–H and O–H groups in total. The second-order valence-corrected chi connectivity index (χ2v) is 7.92. The first-order valence-electron chi connectivity index (χ1n) is 8.13. The van der Waals surface area contributed by atoms with Gasteiger partial charge in [-0.05, 0) is 32.4 Å². The van der Waals surface area contributed by atoms with Crippen molar-refractivity contribution in [2.45, 2.75) is 51.0 Å². The second-order valence-electron chi connectivity index (χ2n) is 5.81. The molecule has 1 aromatic heterocycles. The van der Waals surface area contributed by atoms with Crippen LogP contribution < -0.4 is 0 Å². The number of ether oxygens (including phenoxy) is 1. The van der Waals surface area contributed by atoms with Crippen LogP contribution in [0.25, 0.3) is 0 Å². The van der Waals surface area contributed by atoms with E-state index in [1.54, 1.807) is 19.1 Å². The van der Waals surface area contributed by atoms with Crippen LogP contribution in [0.3, 0.4) is 0 Å². The molecule has 0 aliphatic carbocycles. The fraction of sp³-hybridized carbons (Fsp3) is 0.471. The molecule has 25 heavy (non-hydrogen) atoms. The number of carbonyl (C=O) groups excluding carboxylic acids is 1. The lowest BCUT2D eigenvalue weighted by Crippen LogP contribution is -2.15. The predicted octanol–water partition coefficient (Wildman–Crippen LogP) is 2.80. The number of sulfone groups is 1. The maximum Gasteiger partial charge on any atom is 0.307 e. The maximum atomic E-state index is 12.2. The lowest BCUT2D eigenvalue weighted by atomic mass is 10.2. The molecule has 0 aliphatic rings. The van der Waals surface area contributed by atoms with Gasteiger partial charge in [-0.15, -0.1) is 0 Å². The molecular formula is C17H22N2O5S. The molecule has 2 aromatic rings. The third kappa shape index (κ3) is 5.38. The zero-order valence-electron chi connectivity index (χ0n) is 14.6. The van der Waals surface area contributed by atoms with Gasteiger partial charge in [0.25, 0.3) is 5.89 Å². The van der Waals surface area contributed by atoms with Crippen LogP contribution in [-0.4, -0.2) is 30.3 Å². The Morgan fingerprint density at radius 2 is 1.96 bits per heavy atom. The summed E-state index contributed by atoms with van der Waals surface area (Å²) in [5.41, 5.74) is 0.967. The van der Waals surface area contributed by atoms with E-state index in [1.165, 1.54) is 12.1 Å². The normalized spacial score (nSPS) is 12.8. The molecule has 0 spiro atoms. The molecule has 1 aromatic carbocycles. The molecule has 0 saturated carbocycles. The Morgan fingerprint density at radius 3 is 2.60 bits per heavy atom. The summed E-state index contributed by atoms with van der Waals surface area (Å²) in [7, 11) is -3.53. The van der Waals surface area contributed by atoms with Gasteiger partial charge in [0, 0.05) is 6.42 Å². The molecule has 1 unspecified atom stereocenters. The van der Waals surface area contributed by atoms with Gasteiger partial charge in [0.05, 0.1) is 17.1 Å². The fourth-order valence-corrected chi connectivity index (χ4v) is 3.37. The van der Waals surface area contributed by atoms with Gasteiger partial charge in [0.1, 0.15) is 0 Å². The number of hydrogen-bond acceptors (Lipinski definition) is 7. The van der Waals surface area contributed by atoms with E-state index in [-0.39, 0.29) is 23.0 Å². The van der Waals surface area contributed by atoms with Crippen molar-refractivity contribution < 1.29 is 22.5 Å². The predicted molar refractivity (Wildman–Crippen MR) is 90.6 cm³/mol. The van der Waals surface area contributed by atoms with Gasteiger partial charge in [-0.2, -0.15) is 4.98 Å². The third-order valence-electron chi connectivity index (χ3n) is 3.57. The van der Waals surface area contributed by atoms with Crippen LogP contribution in [0.15, 0.2) is 33.7 Å². The highest BCUT2D eigenvalue weighted by molar-refractivity contribution is 7.91. The summed E-state index contributed by atoms with van der Waals surface area (Å²) in [6, 6.07) is 6.51. The minimum Gasteiger partial charge on any atom is -0.452 e. The van der Waals surface area contributed by atoms with Gasteiger partial charge in [0.15, 0.2) is 21.8 Å². The van der Waals surface area contributed by atoms with E-state index in [0.29, 0.717) is 12.2 Å². The molecule has 0 aliphatic heterocycles. The first kappa shape index (κ1) is 19.1. The molecule has 7 nitrogen and oxygen atoms in total. The average Bonchev–Trinajstić information content (AvgIpc) is 3.03. The first-order chi connectivity index (χ1) is 11.8. The van der Waals surface area contributed by atoms with Gasteiger partial charge in [-0.25, -0.2) is 8.42 Å². The van der Waals surface area contributed by atoms with Crippen molar-refractivity contribution in [2.75, 3.05) is 5.75 Å². The Kier molecular flexibility index (Phi) is 6.30. The molecule has 0 amide bonds. The molecule has 0 radical (unpaired) electrons.